The van der Waals surface area contributed by atoms with Gasteiger partial charge in [0.2, 0.25) is 0 Å². The van der Waals surface area contributed by atoms with Crippen LogP contribution in [0.1, 0.15) is 40.2 Å². The van der Waals surface area contributed by atoms with Crippen LogP contribution in [0.3, 0.4) is 0 Å². The molecule has 1 aliphatic rings. The molecule has 1 atom stereocenters. The van der Waals surface area contributed by atoms with Crippen molar-refractivity contribution in [2.45, 2.75) is 39.0 Å². The number of thiophene rings is 1. The Hall–Kier alpha value is -2.29. The van der Waals surface area contributed by atoms with Gasteiger partial charge in [0.05, 0.1) is 17.1 Å². The van der Waals surface area contributed by atoms with Gasteiger partial charge in [-0.15, -0.1) is 11.3 Å². The van der Waals surface area contributed by atoms with E-state index in [1.165, 1.54) is 23.5 Å². The highest BCUT2D eigenvalue weighted by Gasteiger charge is 2.19. The zero-order valence-electron chi connectivity index (χ0n) is 14.9. The first-order chi connectivity index (χ1) is 13.1. The molecule has 1 aromatic carbocycles. The highest BCUT2D eigenvalue weighted by Crippen LogP contribution is 2.29. The van der Waals surface area contributed by atoms with E-state index in [1.54, 1.807) is 12.1 Å². The summed E-state index contributed by atoms with van der Waals surface area (Å²) in [5.74, 6) is -0.560. The number of nitrogens with zero attached hydrogens (tertiary/aromatic N) is 2. The quantitative estimate of drug-likeness (QED) is 0.675. The van der Waals surface area contributed by atoms with Crippen LogP contribution < -0.4 is 5.48 Å². The van der Waals surface area contributed by atoms with Gasteiger partial charge in [-0.25, -0.2) is 14.7 Å². The Kier molecular flexibility index (Phi) is 5.20. The highest BCUT2D eigenvalue weighted by molar-refractivity contribution is 7.20. The molecule has 1 amide bonds. The smallest absolute Gasteiger partial charge is 0.285 e. The van der Waals surface area contributed by atoms with Crippen molar-refractivity contribution in [2.24, 2.45) is 0 Å². The third-order valence-electron chi connectivity index (χ3n) is 4.50. The summed E-state index contributed by atoms with van der Waals surface area (Å²) in [4.78, 5) is 19.2. The monoisotopic (exact) mass is 389 g/mol. The van der Waals surface area contributed by atoms with Gasteiger partial charge in [-0.05, 0) is 43.5 Å². The Labute approximate surface area is 159 Å². The van der Waals surface area contributed by atoms with E-state index < -0.39 is 0 Å². The minimum Gasteiger partial charge on any atom is -0.350 e. The summed E-state index contributed by atoms with van der Waals surface area (Å²) in [5, 5.41) is 5.47. The maximum atomic E-state index is 13.1. The van der Waals surface area contributed by atoms with E-state index in [-0.39, 0.29) is 18.0 Å². The maximum absolute atomic E-state index is 13.1. The first kappa shape index (κ1) is 18.1. The summed E-state index contributed by atoms with van der Waals surface area (Å²) in [5.41, 5.74) is 4.28. The molecule has 3 aromatic rings. The van der Waals surface area contributed by atoms with Crippen molar-refractivity contribution in [3.8, 4) is 0 Å². The van der Waals surface area contributed by atoms with E-state index in [2.05, 4.69) is 10.6 Å². The number of amides is 1. The number of hydrogen-bond donors (Lipinski definition) is 1. The van der Waals surface area contributed by atoms with Crippen LogP contribution in [0, 0.1) is 12.7 Å². The van der Waals surface area contributed by atoms with Crippen molar-refractivity contribution in [1.29, 1.82) is 0 Å². The first-order valence-corrected chi connectivity index (χ1v) is 9.71. The number of hydroxylamine groups is 1. The SMILES string of the molecule is Cc1nn(Cc2ccc(F)cc2)c2sc(C(=O)NOC3CCCCO3)cc12. The Morgan fingerprint density at radius 1 is 1.41 bits per heavy atom. The van der Waals surface area contributed by atoms with Crippen LogP contribution in [0.15, 0.2) is 30.3 Å². The Bertz CT molecular complexity index is 945. The molecule has 0 aliphatic carbocycles. The second kappa shape index (κ2) is 7.75. The number of nitrogens with one attached hydrogen (secondary N) is 1. The Morgan fingerprint density at radius 2 is 2.22 bits per heavy atom. The lowest BCUT2D eigenvalue weighted by atomic mass is 10.2. The number of aryl methyl sites for hydroxylation is 1. The minimum absolute atomic E-state index is 0.266. The lowest BCUT2D eigenvalue weighted by molar-refractivity contribution is -0.186. The fourth-order valence-corrected chi connectivity index (χ4v) is 4.11. The van der Waals surface area contributed by atoms with Gasteiger partial charge in [-0.2, -0.15) is 5.10 Å². The van der Waals surface area contributed by atoms with Crippen LogP contribution in [0.5, 0.6) is 0 Å². The normalized spacial score (nSPS) is 17.3. The molecule has 1 N–H and O–H groups in total. The summed E-state index contributed by atoms with van der Waals surface area (Å²) < 4.78 is 20.4. The molecule has 1 saturated heterocycles. The molecule has 0 bridgehead atoms. The average molecular weight is 389 g/mol. The largest absolute Gasteiger partial charge is 0.350 e. The van der Waals surface area contributed by atoms with Gasteiger partial charge in [0.1, 0.15) is 10.6 Å². The first-order valence-electron chi connectivity index (χ1n) is 8.89. The van der Waals surface area contributed by atoms with Crippen molar-refractivity contribution in [3.05, 3.63) is 52.3 Å². The molecule has 142 valence electrons. The van der Waals surface area contributed by atoms with Crippen LogP contribution in [0.4, 0.5) is 4.39 Å². The van der Waals surface area contributed by atoms with Gasteiger partial charge in [0.25, 0.3) is 5.91 Å². The Balaban J connectivity index is 1.49. The molecule has 2 aromatic heterocycles. The van der Waals surface area contributed by atoms with Crippen molar-refractivity contribution < 1.29 is 18.8 Å². The molecule has 1 aliphatic heterocycles. The molecule has 6 nitrogen and oxygen atoms in total. The third kappa shape index (κ3) is 4.02. The van der Waals surface area contributed by atoms with Crippen LogP contribution in [-0.4, -0.2) is 28.6 Å². The average Bonchev–Trinajstić information content (AvgIpc) is 3.24. The number of carbonyl (C=O) groups excluding carboxylic acids is 1. The van der Waals surface area contributed by atoms with Crippen LogP contribution in [0.25, 0.3) is 10.2 Å². The number of fused-ring (bicyclic) bond motifs is 1. The van der Waals surface area contributed by atoms with Crippen LogP contribution in [0.2, 0.25) is 0 Å². The summed E-state index contributed by atoms with van der Waals surface area (Å²) in [6, 6.07) is 8.15. The molecular weight excluding hydrogens is 369 g/mol. The number of halogens is 1. The Morgan fingerprint density at radius 3 is 2.96 bits per heavy atom. The minimum atomic E-state index is -0.382. The van der Waals surface area contributed by atoms with Crippen LogP contribution in [-0.2, 0) is 16.1 Å². The number of carbonyl (C=O) groups is 1. The van der Waals surface area contributed by atoms with E-state index in [4.69, 9.17) is 9.57 Å². The molecule has 4 rings (SSSR count). The van der Waals surface area contributed by atoms with Gasteiger partial charge in [-0.3, -0.25) is 9.48 Å². The van der Waals surface area contributed by atoms with E-state index in [0.717, 1.165) is 40.7 Å². The van der Waals surface area contributed by atoms with E-state index in [1.807, 2.05) is 17.7 Å². The van der Waals surface area contributed by atoms with Crippen LogP contribution >= 0.6 is 11.3 Å². The predicted octanol–water partition coefficient (Wildman–Crippen LogP) is 3.78. The lowest BCUT2D eigenvalue weighted by Gasteiger charge is -2.21. The third-order valence-corrected chi connectivity index (χ3v) is 5.64. The van der Waals surface area contributed by atoms with Gasteiger partial charge in [-0.1, -0.05) is 12.1 Å². The standard InChI is InChI=1S/C19H20FN3O3S/c1-12-15-10-16(18(24)22-26-17-4-2-3-9-25-17)27-19(15)23(21-12)11-13-5-7-14(20)8-6-13/h5-8,10,17H,2-4,9,11H2,1H3,(H,22,24). The summed E-state index contributed by atoms with van der Waals surface area (Å²) in [7, 11) is 0. The zero-order chi connectivity index (χ0) is 18.8. The van der Waals surface area contributed by atoms with E-state index in [9.17, 15) is 9.18 Å². The lowest BCUT2D eigenvalue weighted by Crippen LogP contribution is -2.32. The molecule has 1 fully saturated rings. The second-order valence-corrected chi connectivity index (χ2v) is 7.57. The van der Waals surface area contributed by atoms with Gasteiger partial charge < -0.3 is 4.74 Å². The molecule has 0 saturated carbocycles. The molecular formula is C19H20FN3O3S. The van der Waals surface area contributed by atoms with Crippen molar-refractivity contribution in [3.63, 3.8) is 0 Å². The summed E-state index contributed by atoms with van der Waals surface area (Å²) in [6.07, 6.45) is 2.45. The molecule has 0 radical (unpaired) electrons. The van der Waals surface area contributed by atoms with Crippen molar-refractivity contribution in [2.75, 3.05) is 6.61 Å². The van der Waals surface area contributed by atoms with Gasteiger partial charge >= 0.3 is 0 Å². The fraction of sp³-hybridized carbons (Fsp3) is 0.368. The summed E-state index contributed by atoms with van der Waals surface area (Å²) in [6.45, 7) is 3.07. The number of benzene rings is 1. The van der Waals surface area contributed by atoms with Crippen molar-refractivity contribution in [1.82, 2.24) is 15.3 Å². The molecule has 1 unspecified atom stereocenters. The molecule has 3 heterocycles. The number of aromatic nitrogens is 2. The van der Waals surface area contributed by atoms with Gasteiger partial charge in [0, 0.05) is 18.4 Å². The predicted molar refractivity (Wildman–Crippen MR) is 100.0 cm³/mol. The number of rotatable bonds is 5. The number of ether oxygens (including phenoxy) is 1. The maximum Gasteiger partial charge on any atom is 0.285 e. The molecule has 27 heavy (non-hydrogen) atoms. The van der Waals surface area contributed by atoms with Crippen molar-refractivity contribution >= 4 is 27.5 Å². The van der Waals surface area contributed by atoms with Gasteiger partial charge in [0.15, 0.2) is 6.29 Å². The topological polar surface area (TPSA) is 65.4 Å². The van der Waals surface area contributed by atoms with E-state index in [0.29, 0.717) is 18.0 Å². The molecule has 0 spiro atoms. The highest BCUT2D eigenvalue weighted by atomic mass is 32.1. The fourth-order valence-electron chi connectivity index (χ4n) is 3.07. The van der Waals surface area contributed by atoms with E-state index >= 15 is 0 Å². The zero-order valence-corrected chi connectivity index (χ0v) is 15.7. The summed E-state index contributed by atoms with van der Waals surface area (Å²) >= 11 is 1.36. The number of hydrogen-bond acceptors (Lipinski definition) is 5. The second-order valence-electron chi connectivity index (χ2n) is 6.54. The molecule has 8 heteroatoms.